The lowest BCUT2D eigenvalue weighted by Gasteiger charge is -2.18. The fraction of sp³-hybridized carbons (Fsp3) is 0.273. The summed E-state index contributed by atoms with van der Waals surface area (Å²) in [6.07, 6.45) is 1.62. The van der Waals surface area contributed by atoms with Crippen molar-refractivity contribution >= 4 is 12.0 Å². The van der Waals surface area contributed by atoms with Gasteiger partial charge in [0.05, 0.1) is 6.04 Å². The molecule has 25 heavy (non-hydrogen) atoms. The Morgan fingerprint density at radius 2 is 1.68 bits per heavy atom. The molecule has 0 aliphatic heterocycles. The van der Waals surface area contributed by atoms with Crippen LogP contribution in [-0.4, -0.2) is 5.91 Å². The van der Waals surface area contributed by atoms with Crippen molar-refractivity contribution in [2.24, 2.45) is 0 Å². The van der Waals surface area contributed by atoms with E-state index in [0.29, 0.717) is 0 Å². The van der Waals surface area contributed by atoms with Crippen molar-refractivity contribution < 1.29 is 4.79 Å². The number of nitrogens with one attached hydrogen (secondary N) is 1. The molecule has 0 aliphatic rings. The normalized spacial score (nSPS) is 13.0. The average Bonchev–Trinajstić information content (AvgIpc) is 2.60. The number of nitriles is 1. The predicted octanol–water partition coefficient (Wildman–Crippen LogP) is 4.77. The van der Waals surface area contributed by atoms with Gasteiger partial charge >= 0.3 is 0 Å². The van der Waals surface area contributed by atoms with Gasteiger partial charge in [-0.1, -0.05) is 75.4 Å². The molecule has 1 unspecified atom stereocenters. The third-order valence-electron chi connectivity index (χ3n) is 4.10. The Balaban J connectivity index is 2.14. The van der Waals surface area contributed by atoms with Gasteiger partial charge in [-0.15, -0.1) is 0 Å². The minimum absolute atomic E-state index is 0.0722. The number of hydrogen-bond acceptors (Lipinski definition) is 2. The van der Waals surface area contributed by atoms with Gasteiger partial charge in [0.15, 0.2) is 0 Å². The summed E-state index contributed by atoms with van der Waals surface area (Å²) in [6, 6.07) is 19.5. The van der Waals surface area contributed by atoms with Crippen LogP contribution in [0.3, 0.4) is 0 Å². The summed E-state index contributed by atoms with van der Waals surface area (Å²) < 4.78 is 0. The minimum Gasteiger partial charge on any atom is -0.345 e. The molecule has 1 N–H and O–H groups in total. The molecule has 0 aliphatic carbocycles. The fourth-order valence-corrected chi connectivity index (χ4v) is 2.49. The van der Waals surface area contributed by atoms with E-state index in [1.165, 1.54) is 5.56 Å². The number of carbonyl (C=O) groups is 1. The summed E-state index contributed by atoms with van der Waals surface area (Å²) in [5.74, 6) is -0.362. The second-order valence-corrected chi connectivity index (χ2v) is 7.15. The molecule has 3 heteroatoms. The van der Waals surface area contributed by atoms with Crippen LogP contribution in [0, 0.1) is 11.3 Å². The maximum absolute atomic E-state index is 12.4. The third-order valence-corrected chi connectivity index (χ3v) is 4.10. The SMILES string of the molecule is CC(NC(=O)/C(C#N)=C/c1ccc(C(C)(C)C)cc1)c1ccccc1. The van der Waals surface area contributed by atoms with E-state index < -0.39 is 0 Å². The Bertz CT molecular complexity index is 791. The molecule has 0 radical (unpaired) electrons. The first-order valence-corrected chi connectivity index (χ1v) is 8.39. The Morgan fingerprint density at radius 1 is 1.08 bits per heavy atom. The van der Waals surface area contributed by atoms with Gasteiger partial charge in [0.2, 0.25) is 0 Å². The molecule has 1 atom stereocenters. The van der Waals surface area contributed by atoms with Gasteiger partial charge in [0.1, 0.15) is 11.6 Å². The number of benzene rings is 2. The van der Waals surface area contributed by atoms with Crippen LogP contribution >= 0.6 is 0 Å². The Morgan fingerprint density at radius 3 is 2.20 bits per heavy atom. The highest BCUT2D eigenvalue weighted by molar-refractivity contribution is 6.01. The van der Waals surface area contributed by atoms with Crippen molar-refractivity contribution in [3.05, 3.63) is 76.9 Å². The van der Waals surface area contributed by atoms with E-state index in [9.17, 15) is 10.1 Å². The van der Waals surface area contributed by atoms with E-state index in [2.05, 4.69) is 26.1 Å². The van der Waals surface area contributed by atoms with Crippen LogP contribution in [0.1, 0.15) is 50.4 Å². The molecule has 0 fully saturated rings. The molecule has 0 bridgehead atoms. The first-order chi connectivity index (χ1) is 11.8. The molecule has 1 amide bonds. The van der Waals surface area contributed by atoms with Crippen molar-refractivity contribution in [2.75, 3.05) is 0 Å². The van der Waals surface area contributed by atoms with E-state index >= 15 is 0 Å². The molecule has 0 spiro atoms. The number of nitrogens with zero attached hydrogens (tertiary/aromatic N) is 1. The first kappa shape index (κ1) is 18.5. The van der Waals surface area contributed by atoms with Gasteiger partial charge in [-0.05, 0) is 35.1 Å². The molecular formula is C22H24N2O. The maximum Gasteiger partial charge on any atom is 0.262 e. The quantitative estimate of drug-likeness (QED) is 0.648. The van der Waals surface area contributed by atoms with Crippen molar-refractivity contribution in [3.63, 3.8) is 0 Å². The summed E-state index contributed by atoms with van der Waals surface area (Å²) >= 11 is 0. The number of rotatable bonds is 4. The monoisotopic (exact) mass is 332 g/mol. The van der Waals surface area contributed by atoms with Gasteiger partial charge < -0.3 is 5.32 Å². The smallest absolute Gasteiger partial charge is 0.262 e. The van der Waals surface area contributed by atoms with Crippen molar-refractivity contribution in [3.8, 4) is 6.07 Å². The van der Waals surface area contributed by atoms with Crippen molar-refractivity contribution in [2.45, 2.75) is 39.2 Å². The van der Waals surface area contributed by atoms with Crippen LogP contribution in [0.25, 0.3) is 6.08 Å². The zero-order valence-corrected chi connectivity index (χ0v) is 15.2. The molecule has 2 rings (SSSR count). The predicted molar refractivity (Wildman–Crippen MR) is 102 cm³/mol. The van der Waals surface area contributed by atoms with Gasteiger partial charge in [-0.3, -0.25) is 4.79 Å². The molecule has 2 aromatic carbocycles. The number of amides is 1. The van der Waals surface area contributed by atoms with Gasteiger partial charge in [-0.2, -0.15) is 5.26 Å². The highest BCUT2D eigenvalue weighted by Gasteiger charge is 2.15. The standard InChI is InChI=1S/C22H24N2O/c1-16(18-8-6-5-7-9-18)24-21(25)19(15-23)14-17-10-12-20(13-11-17)22(2,3)4/h5-14,16H,1-4H3,(H,24,25)/b19-14+. The van der Waals surface area contributed by atoms with Crippen LogP contribution in [0.4, 0.5) is 0 Å². The van der Waals surface area contributed by atoms with E-state index in [-0.39, 0.29) is 22.9 Å². The molecule has 0 aromatic heterocycles. The van der Waals surface area contributed by atoms with Crippen LogP contribution in [-0.2, 0) is 10.2 Å². The lowest BCUT2D eigenvalue weighted by atomic mass is 9.86. The molecular weight excluding hydrogens is 308 g/mol. The molecule has 0 saturated carbocycles. The molecule has 0 heterocycles. The van der Waals surface area contributed by atoms with Crippen LogP contribution in [0.15, 0.2) is 60.2 Å². The first-order valence-electron chi connectivity index (χ1n) is 8.39. The van der Waals surface area contributed by atoms with Gasteiger partial charge in [-0.25, -0.2) is 0 Å². The Kier molecular flexibility index (Phi) is 5.77. The van der Waals surface area contributed by atoms with Crippen molar-refractivity contribution in [1.29, 1.82) is 5.26 Å². The lowest BCUT2D eigenvalue weighted by Crippen LogP contribution is -2.27. The lowest BCUT2D eigenvalue weighted by molar-refractivity contribution is -0.117. The maximum atomic E-state index is 12.4. The summed E-state index contributed by atoms with van der Waals surface area (Å²) in [6.45, 7) is 8.35. The highest BCUT2D eigenvalue weighted by Crippen LogP contribution is 2.23. The van der Waals surface area contributed by atoms with Crippen LogP contribution in [0.2, 0.25) is 0 Å². The van der Waals surface area contributed by atoms with E-state index in [1.54, 1.807) is 6.08 Å². The van der Waals surface area contributed by atoms with Crippen LogP contribution < -0.4 is 5.32 Å². The topological polar surface area (TPSA) is 52.9 Å². The Labute approximate surface area is 150 Å². The van der Waals surface area contributed by atoms with Gasteiger partial charge in [0.25, 0.3) is 5.91 Å². The summed E-state index contributed by atoms with van der Waals surface area (Å²) in [5.41, 5.74) is 3.23. The largest absolute Gasteiger partial charge is 0.345 e. The highest BCUT2D eigenvalue weighted by atomic mass is 16.1. The van der Waals surface area contributed by atoms with E-state index in [4.69, 9.17) is 0 Å². The summed E-state index contributed by atoms with van der Waals surface area (Å²) in [7, 11) is 0. The average molecular weight is 332 g/mol. The van der Waals surface area contributed by atoms with Crippen LogP contribution in [0.5, 0.6) is 0 Å². The summed E-state index contributed by atoms with van der Waals surface area (Å²) in [5, 5.41) is 12.2. The second kappa shape index (κ2) is 7.81. The minimum atomic E-state index is -0.362. The second-order valence-electron chi connectivity index (χ2n) is 7.15. The zero-order valence-electron chi connectivity index (χ0n) is 15.2. The third kappa shape index (κ3) is 5.06. The zero-order chi connectivity index (χ0) is 18.4. The molecule has 2 aromatic rings. The van der Waals surface area contributed by atoms with E-state index in [0.717, 1.165) is 11.1 Å². The van der Waals surface area contributed by atoms with E-state index in [1.807, 2.05) is 67.6 Å². The molecule has 128 valence electrons. The van der Waals surface area contributed by atoms with Gasteiger partial charge in [0, 0.05) is 0 Å². The molecule has 3 nitrogen and oxygen atoms in total. The fourth-order valence-electron chi connectivity index (χ4n) is 2.49. The Hall–Kier alpha value is -2.86. The summed E-state index contributed by atoms with van der Waals surface area (Å²) in [4.78, 5) is 12.4. The van der Waals surface area contributed by atoms with Crippen molar-refractivity contribution in [1.82, 2.24) is 5.32 Å². The number of carbonyl (C=O) groups excluding carboxylic acids is 1. The molecule has 0 saturated heterocycles. The number of hydrogen-bond donors (Lipinski definition) is 1.